The van der Waals surface area contributed by atoms with Crippen LogP contribution in [-0.4, -0.2) is 37.2 Å². The molecule has 1 aliphatic rings. The number of hydrogen-bond acceptors (Lipinski definition) is 3. The van der Waals surface area contributed by atoms with Crippen molar-refractivity contribution in [2.75, 3.05) is 14.2 Å². The highest BCUT2D eigenvalue weighted by molar-refractivity contribution is 6.12. The highest BCUT2D eigenvalue weighted by Gasteiger charge is 2.52. The Balaban J connectivity index is 2.51. The van der Waals surface area contributed by atoms with Gasteiger partial charge in [-0.3, -0.25) is 9.59 Å². The zero-order valence-electron chi connectivity index (χ0n) is 12.3. The fourth-order valence-corrected chi connectivity index (χ4v) is 2.66. The molecule has 0 bridgehead atoms. The van der Waals surface area contributed by atoms with Gasteiger partial charge in [-0.1, -0.05) is 36.8 Å². The van der Waals surface area contributed by atoms with E-state index in [0.717, 1.165) is 11.1 Å². The minimum Gasteiger partial charge on any atom is -0.344 e. The van der Waals surface area contributed by atoms with Crippen molar-refractivity contribution in [2.45, 2.75) is 32.0 Å². The maximum Gasteiger partial charge on any atom is 0.245 e. The Kier molecular flexibility index (Phi) is 3.81. The highest BCUT2D eigenvalue weighted by atomic mass is 16.5. The van der Waals surface area contributed by atoms with Crippen LogP contribution in [0.1, 0.15) is 24.5 Å². The first-order valence-corrected chi connectivity index (χ1v) is 6.65. The maximum absolute atomic E-state index is 12.7. The van der Waals surface area contributed by atoms with E-state index in [-0.39, 0.29) is 11.8 Å². The lowest BCUT2D eigenvalue weighted by atomic mass is 9.74. The van der Waals surface area contributed by atoms with Crippen LogP contribution in [0.3, 0.4) is 0 Å². The first-order chi connectivity index (χ1) is 9.47. The normalized spacial score (nSPS) is 26.6. The van der Waals surface area contributed by atoms with E-state index in [4.69, 9.17) is 4.74 Å². The highest BCUT2D eigenvalue weighted by Crippen LogP contribution is 2.34. The summed E-state index contributed by atoms with van der Waals surface area (Å²) in [5.74, 6) is -0.543. The molecule has 5 heteroatoms. The molecule has 108 valence electrons. The number of ether oxygens (including phenoxy) is 1. The standard InChI is InChI=1S/C15H20N2O3/c1-5-15(11-8-6-10(2)7-9-11)12(18)16-14(20-4)17(3)13(15)19/h6-9,14H,5H2,1-4H3,(H,16,18). The minimum absolute atomic E-state index is 0.237. The third-order valence-electron chi connectivity index (χ3n) is 3.98. The van der Waals surface area contributed by atoms with Crippen LogP contribution in [0.25, 0.3) is 0 Å². The predicted molar refractivity (Wildman–Crippen MR) is 74.9 cm³/mol. The van der Waals surface area contributed by atoms with Gasteiger partial charge in [0.05, 0.1) is 0 Å². The summed E-state index contributed by atoms with van der Waals surface area (Å²) in [6, 6.07) is 7.51. The van der Waals surface area contributed by atoms with Crippen molar-refractivity contribution in [3.63, 3.8) is 0 Å². The van der Waals surface area contributed by atoms with Crippen molar-refractivity contribution >= 4 is 11.8 Å². The van der Waals surface area contributed by atoms with E-state index in [1.165, 1.54) is 12.0 Å². The van der Waals surface area contributed by atoms with Crippen LogP contribution < -0.4 is 5.32 Å². The van der Waals surface area contributed by atoms with Gasteiger partial charge in [0, 0.05) is 14.2 Å². The second-order valence-corrected chi connectivity index (χ2v) is 5.10. The number of benzene rings is 1. The summed E-state index contributed by atoms with van der Waals surface area (Å²) < 4.78 is 5.11. The zero-order chi connectivity index (χ0) is 14.9. The van der Waals surface area contributed by atoms with Crippen LogP contribution in [0.5, 0.6) is 0 Å². The number of hydrogen-bond donors (Lipinski definition) is 1. The molecule has 2 rings (SSSR count). The van der Waals surface area contributed by atoms with Crippen LogP contribution in [0.15, 0.2) is 24.3 Å². The molecule has 1 saturated heterocycles. The lowest BCUT2D eigenvalue weighted by Crippen LogP contribution is -2.67. The number of methoxy groups -OCH3 is 1. The van der Waals surface area contributed by atoms with E-state index in [1.807, 2.05) is 38.1 Å². The summed E-state index contributed by atoms with van der Waals surface area (Å²) in [6.07, 6.45) is -0.304. The second-order valence-electron chi connectivity index (χ2n) is 5.10. The zero-order valence-corrected chi connectivity index (χ0v) is 12.3. The third-order valence-corrected chi connectivity index (χ3v) is 3.98. The van der Waals surface area contributed by atoms with E-state index >= 15 is 0 Å². The van der Waals surface area contributed by atoms with Crippen molar-refractivity contribution in [2.24, 2.45) is 0 Å². The number of carbonyl (C=O) groups is 2. The predicted octanol–water partition coefficient (Wildman–Crippen LogP) is 1.16. The fraction of sp³-hybridized carbons (Fsp3) is 0.467. The molecule has 2 unspecified atom stereocenters. The molecule has 1 fully saturated rings. The number of carbonyl (C=O) groups excluding carboxylic acids is 2. The third kappa shape index (κ3) is 1.98. The summed E-state index contributed by atoms with van der Waals surface area (Å²) in [4.78, 5) is 26.7. The van der Waals surface area contributed by atoms with Gasteiger partial charge in [-0.2, -0.15) is 0 Å². The Hall–Kier alpha value is -1.88. The SMILES string of the molecule is CCC1(c2ccc(C)cc2)C(=O)NC(OC)N(C)C1=O. The lowest BCUT2D eigenvalue weighted by molar-refractivity contribution is -0.168. The number of aryl methyl sites for hydroxylation is 1. The van der Waals surface area contributed by atoms with Gasteiger partial charge < -0.3 is 15.0 Å². The van der Waals surface area contributed by atoms with Crippen LogP contribution in [0, 0.1) is 6.92 Å². The van der Waals surface area contributed by atoms with Gasteiger partial charge in [-0.25, -0.2) is 0 Å². The summed E-state index contributed by atoms with van der Waals surface area (Å²) in [7, 11) is 3.09. The van der Waals surface area contributed by atoms with Crippen molar-refractivity contribution in [3.05, 3.63) is 35.4 Å². The van der Waals surface area contributed by atoms with Crippen molar-refractivity contribution < 1.29 is 14.3 Å². The van der Waals surface area contributed by atoms with Crippen LogP contribution >= 0.6 is 0 Å². The quantitative estimate of drug-likeness (QED) is 0.843. The molecule has 0 radical (unpaired) electrons. The van der Waals surface area contributed by atoms with Gasteiger partial charge >= 0.3 is 0 Å². The monoisotopic (exact) mass is 276 g/mol. The largest absolute Gasteiger partial charge is 0.344 e. The van der Waals surface area contributed by atoms with E-state index < -0.39 is 11.8 Å². The Bertz CT molecular complexity index is 526. The summed E-state index contributed by atoms with van der Waals surface area (Å²) >= 11 is 0. The van der Waals surface area contributed by atoms with E-state index in [2.05, 4.69) is 5.32 Å². The first-order valence-electron chi connectivity index (χ1n) is 6.65. The molecule has 1 aromatic rings. The van der Waals surface area contributed by atoms with Gasteiger partial charge in [0.2, 0.25) is 18.2 Å². The second kappa shape index (κ2) is 5.25. The lowest BCUT2D eigenvalue weighted by Gasteiger charge is -2.43. The molecule has 1 aliphatic heterocycles. The maximum atomic E-state index is 12.7. The number of rotatable bonds is 3. The van der Waals surface area contributed by atoms with Gasteiger partial charge in [0.25, 0.3) is 0 Å². The Morgan fingerprint density at radius 3 is 2.40 bits per heavy atom. The average molecular weight is 276 g/mol. The van der Waals surface area contributed by atoms with Crippen LogP contribution in [-0.2, 0) is 19.7 Å². The summed E-state index contributed by atoms with van der Waals surface area (Å²) in [5.41, 5.74) is 0.638. The summed E-state index contributed by atoms with van der Waals surface area (Å²) in [6.45, 7) is 3.82. The molecule has 1 heterocycles. The van der Waals surface area contributed by atoms with Gasteiger partial charge in [-0.05, 0) is 18.9 Å². The van der Waals surface area contributed by atoms with Crippen LogP contribution in [0.2, 0.25) is 0 Å². The van der Waals surface area contributed by atoms with Gasteiger partial charge in [-0.15, -0.1) is 0 Å². The number of amides is 2. The van der Waals surface area contributed by atoms with Crippen molar-refractivity contribution in [1.82, 2.24) is 10.2 Å². The molecule has 5 nitrogen and oxygen atoms in total. The molecule has 1 N–H and O–H groups in total. The molecular formula is C15H20N2O3. The first kappa shape index (κ1) is 14.5. The van der Waals surface area contributed by atoms with Crippen molar-refractivity contribution in [3.8, 4) is 0 Å². The molecule has 2 atom stereocenters. The molecule has 0 saturated carbocycles. The molecule has 1 aromatic carbocycles. The van der Waals surface area contributed by atoms with Gasteiger partial charge in [0.15, 0.2) is 5.41 Å². The number of likely N-dealkylation sites (N-methyl/N-ethyl adjacent to an activating group) is 1. The molecule has 0 aromatic heterocycles. The van der Waals surface area contributed by atoms with E-state index in [9.17, 15) is 9.59 Å². The van der Waals surface area contributed by atoms with Crippen molar-refractivity contribution in [1.29, 1.82) is 0 Å². The minimum atomic E-state index is -1.17. The molecule has 0 spiro atoms. The van der Waals surface area contributed by atoms with Gasteiger partial charge in [0.1, 0.15) is 0 Å². The summed E-state index contributed by atoms with van der Waals surface area (Å²) in [5, 5.41) is 2.75. The molecule has 20 heavy (non-hydrogen) atoms. The molecule has 2 amide bonds. The Labute approximate surface area is 118 Å². The smallest absolute Gasteiger partial charge is 0.245 e. The average Bonchev–Trinajstić information content (AvgIpc) is 2.45. The van der Waals surface area contributed by atoms with Crippen LogP contribution in [0.4, 0.5) is 0 Å². The van der Waals surface area contributed by atoms with E-state index in [0.29, 0.717) is 6.42 Å². The number of nitrogens with one attached hydrogen (secondary N) is 1. The molecular weight excluding hydrogens is 256 g/mol. The topological polar surface area (TPSA) is 58.6 Å². The fourth-order valence-electron chi connectivity index (χ4n) is 2.66. The van der Waals surface area contributed by atoms with E-state index in [1.54, 1.807) is 7.05 Å². The Morgan fingerprint density at radius 1 is 1.30 bits per heavy atom. The Morgan fingerprint density at radius 2 is 1.90 bits per heavy atom. The number of nitrogens with zero attached hydrogens (tertiary/aromatic N) is 1. The molecule has 0 aliphatic carbocycles.